The fourth-order valence-electron chi connectivity index (χ4n) is 1.79. The van der Waals surface area contributed by atoms with Crippen LogP contribution in [0.2, 0.25) is 0 Å². The van der Waals surface area contributed by atoms with Gasteiger partial charge in [-0.25, -0.2) is 0 Å². The van der Waals surface area contributed by atoms with Crippen molar-refractivity contribution in [2.24, 2.45) is 5.92 Å². The molecule has 6 nitrogen and oxygen atoms in total. The summed E-state index contributed by atoms with van der Waals surface area (Å²) in [7, 11) is 0. The first-order chi connectivity index (χ1) is 9.55. The number of ether oxygens (including phenoxy) is 2. The Labute approximate surface area is 121 Å². The zero-order valence-corrected chi connectivity index (χ0v) is 13.1. The van der Waals surface area contributed by atoms with Crippen LogP contribution in [0.3, 0.4) is 0 Å². The van der Waals surface area contributed by atoms with Crippen LogP contribution in [-0.2, 0) is 0 Å². The highest BCUT2D eigenvalue weighted by Gasteiger charge is 2.12. The summed E-state index contributed by atoms with van der Waals surface area (Å²) in [6.45, 7) is 11.6. The molecule has 1 unspecified atom stereocenters. The quantitative estimate of drug-likeness (QED) is 0.751. The van der Waals surface area contributed by atoms with Gasteiger partial charge in [-0.1, -0.05) is 20.8 Å². The number of hydrogen-bond acceptors (Lipinski definition) is 6. The van der Waals surface area contributed by atoms with E-state index in [1.165, 1.54) is 0 Å². The first-order valence-electron chi connectivity index (χ1n) is 7.34. The van der Waals surface area contributed by atoms with Gasteiger partial charge in [0, 0.05) is 6.54 Å². The largest absolute Gasteiger partial charge is 0.464 e. The topological polar surface area (TPSA) is 69.2 Å². The maximum absolute atomic E-state index is 5.75. The van der Waals surface area contributed by atoms with Gasteiger partial charge in [0.25, 0.3) is 0 Å². The minimum atomic E-state index is 0.0610. The zero-order valence-electron chi connectivity index (χ0n) is 13.1. The number of aromatic nitrogens is 3. The van der Waals surface area contributed by atoms with Gasteiger partial charge in [0.05, 0.1) is 12.7 Å². The van der Waals surface area contributed by atoms with Crippen molar-refractivity contribution in [2.45, 2.75) is 53.6 Å². The van der Waals surface area contributed by atoms with E-state index in [1.807, 2.05) is 13.8 Å². The fourth-order valence-corrected chi connectivity index (χ4v) is 1.79. The lowest BCUT2D eigenvalue weighted by Crippen LogP contribution is -2.17. The van der Waals surface area contributed by atoms with Crippen LogP contribution in [0.4, 0.5) is 5.95 Å². The normalized spacial score (nSPS) is 12.3. The molecular weight excluding hydrogens is 256 g/mol. The molecule has 1 atom stereocenters. The molecule has 0 saturated heterocycles. The second-order valence-corrected chi connectivity index (χ2v) is 5.14. The average Bonchev–Trinajstić information content (AvgIpc) is 2.35. The molecule has 1 rings (SSSR count). The van der Waals surface area contributed by atoms with Gasteiger partial charge in [-0.05, 0) is 32.6 Å². The van der Waals surface area contributed by atoms with Crippen LogP contribution in [0.1, 0.15) is 47.5 Å². The van der Waals surface area contributed by atoms with Crippen molar-refractivity contribution < 1.29 is 9.47 Å². The average molecular weight is 282 g/mol. The van der Waals surface area contributed by atoms with Crippen molar-refractivity contribution in [1.29, 1.82) is 0 Å². The fraction of sp³-hybridized carbons (Fsp3) is 0.786. The molecule has 0 amide bonds. The van der Waals surface area contributed by atoms with Crippen molar-refractivity contribution >= 4 is 5.95 Å². The standard InChI is InChI=1S/C14H26N4O2/c1-6-8-15-12-16-13(19-7-2)18-14(17-12)20-11(5)9-10(3)4/h10-11H,6-9H2,1-5H3,(H,15,16,17,18). The SMILES string of the molecule is CCCNc1nc(OCC)nc(OC(C)CC(C)C)n1. The summed E-state index contributed by atoms with van der Waals surface area (Å²) in [5, 5.41) is 3.13. The Bertz CT molecular complexity index is 399. The van der Waals surface area contributed by atoms with Crippen LogP contribution in [0.25, 0.3) is 0 Å². The Morgan fingerprint density at radius 3 is 2.35 bits per heavy atom. The van der Waals surface area contributed by atoms with E-state index in [9.17, 15) is 0 Å². The number of anilines is 1. The second-order valence-electron chi connectivity index (χ2n) is 5.14. The number of nitrogens with zero attached hydrogens (tertiary/aromatic N) is 3. The summed E-state index contributed by atoms with van der Waals surface area (Å²) in [6, 6.07) is 0.614. The second kappa shape index (κ2) is 8.55. The molecule has 0 aliphatic carbocycles. The van der Waals surface area contributed by atoms with Crippen molar-refractivity contribution in [3.8, 4) is 12.0 Å². The Morgan fingerprint density at radius 1 is 1.05 bits per heavy atom. The maximum Gasteiger partial charge on any atom is 0.324 e. The lowest BCUT2D eigenvalue weighted by atomic mass is 10.1. The summed E-state index contributed by atoms with van der Waals surface area (Å²) < 4.78 is 11.1. The molecule has 114 valence electrons. The lowest BCUT2D eigenvalue weighted by Gasteiger charge is -2.16. The van der Waals surface area contributed by atoms with E-state index in [0.29, 0.717) is 30.5 Å². The highest BCUT2D eigenvalue weighted by Crippen LogP contribution is 2.16. The van der Waals surface area contributed by atoms with Crippen molar-refractivity contribution in [2.75, 3.05) is 18.5 Å². The van der Waals surface area contributed by atoms with Crippen LogP contribution >= 0.6 is 0 Å². The van der Waals surface area contributed by atoms with E-state index in [2.05, 4.69) is 41.0 Å². The summed E-state index contributed by atoms with van der Waals surface area (Å²) in [4.78, 5) is 12.6. The van der Waals surface area contributed by atoms with E-state index < -0.39 is 0 Å². The van der Waals surface area contributed by atoms with Gasteiger partial charge in [-0.15, -0.1) is 4.98 Å². The third kappa shape index (κ3) is 6.04. The minimum absolute atomic E-state index is 0.0610. The molecule has 1 aromatic heterocycles. The number of nitrogens with one attached hydrogen (secondary N) is 1. The van der Waals surface area contributed by atoms with Gasteiger partial charge in [-0.3, -0.25) is 0 Å². The minimum Gasteiger partial charge on any atom is -0.464 e. The molecule has 0 radical (unpaired) electrons. The highest BCUT2D eigenvalue weighted by molar-refractivity contribution is 5.27. The Morgan fingerprint density at radius 2 is 1.75 bits per heavy atom. The lowest BCUT2D eigenvalue weighted by molar-refractivity contribution is 0.173. The molecule has 0 aliphatic rings. The van der Waals surface area contributed by atoms with Gasteiger partial charge in [-0.2, -0.15) is 9.97 Å². The first-order valence-corrected chi connectivity index (χ1v) is 7.34. The molecule has 0 spiro atoms. The maximum atomic E-state index is 5.75. The molecule has 1 N–H and O–H groups in total. The van der Waals surface area contributed by atoms with E-state index in [4.69, 9.17) is 9.47 Å². The number of rotatable bonds is 9. The van der Waals surface area contributed by atoms with E-state index in [0.717, 1.165) is 19.4 Å². The first kappa shape index (κ1) is 16.5. The smallest absolute Gasteiger partial charge is 0.324 e. The molecule has 0 fully saturated rings. The van der Waals surface area contributed by atoms with E-state index in [1.54, 1.807) is 0 Å². The van der Waals surface area contributed by atoms with Crippen LogP contribution in [0.15, 0.2) is 0 Å². The van der Waals surface area contributed by atoms with Crippen LogP contribution in [-0.4, -0.2) is 34.2 Å². The zero-order chi connectivity index (χ0) is 15.0. The van der Waals surface area contributed by atoms with Gasteiger partial charge in [0.1, 0.15) is 0 Å². The Kier molecular flexibility index (Phi) is 7.04. The Hall–Kier alpha value is -1.59. The predicted octanol–water partition coefficient (Wildman–Crippen LogP) is 2.91. The molecule has 6 heteroatoms. The third-order valence-corrected chi connectivity index (χ3v) is 2.51. The molecule has 0 bridgehead atoms. The van der Waals surface area contributed by atoms with Gasteiger partial charge in [0.15, 0.2) is 0 Å². The monoisotopic (exact) mass is 282 g/mol. The summed E-state index contributed by atoms with van der Waals surface area (Å²) in [6.07, 6.45) is 2.01. The van der Waals surface area contributed by atoms with Crippen molar-refractivity contribution in [3.05, 3.63) is 0 Å². The van der Waals surface area contributed by atoms with Gasteiger partial charge >= 0.3 is 12.0 Å². The molecule has 0 aromatic carbocycles. The molecule has 0 saturated carbocycles. The van der Waals surface area contributed by atoms with E-state index in [-0.39, 0.29) is 6.10 Å². The van der Waals surface area contributed by atoms with Gasteiger partial charge in [0.2, 0.25) is 5.95 Å². The summed E-state index contributed by atoms with van der Waals surface area (Å²) in [5.41, 5.74) is 0. The van der Waals surface area contributed by atoms with Gasteiger partial charge < -0.3 is 14.8 Å². The van der Waals surface area contributed by atoms with E-state index >= 15 is 0 Å². The summed E-state index contributed by atoms with van der Waals surface area (Å²) >= 11 is 0. The molecule has 0 aliphatic heterocycles. The molecule has 1 heterocycles. The van der Waals surface area contributed by atoms with Crippen LogP contribution in [0, 0.1) is 5.92 Å². The third-order valence-electron chi connectivity index (χ3n) is 2.51. The molecule has 20 heavy (non-hydrogen) atoms. The molecule has 1 aromatic rings. The van der Waals surface area contributed by atoms with Crippen LogP contribution in [0.5, 0.6) is 12.0 Å². The van der Waals surface area contributed by atoms with Crippen LogP contribution < -0.4 is 14.8 Å². The highest BCUT2D eigenvalue weighted by atomic mass is 16.5. The van der Waals surface area contributed by atoms with Crippen molar-refractivity contribution in [1.82, 2.24) is 15.0 Å². The number of hydrogen-bond donors (Lipinski definition) is 1. The Balaban J connectivity index is 2.79. The molecular formula is C14H26N4O2. The van der Waals surface area contributed by atoms with Crippen molar-refractivity contribution in [3.63, 3.8) is 0 Å². The predicted molar refractivity (Wildman–Crippen MR) is 79.3 cm³/mol. The summed E-state index contributed by atoms with van der Waals surface area (Å²) in [5.74, 6) is 1.06.